The molecule has 0 amide bonds. The molecule has 0 aliphatic rings. The maximum absolute atomic E-state index is 12.7. The fourth-order valence-electron chi connectivity index (χ4n) is 2.60. The molecule has 22 heavy (non-hydrogen) atoms. The van der Waals surface area contributed by atoms with Crippen molar-refractivity contribution in [1.82, 2.24) is 0 Å². The average molecular weight is 286 g/mol. The molecule has 0 fully saturated rings. The van der Waals surface area contributed by atoms with Crippen molar-refractivity contribution in [3.63, 3.8) is 0 Å². The lowest BCUT2D eigenvalue weighted by Gasteiger charge is -2.08. The minimum absolute atomic E-state index is 0.0841. The average Bonchev–Trinajstić information content (AvgIpc) is 2.58. The van der Waals surface area contributed by atoms with Gasteiger partial charge in [0.1, 0.15) is 0 Å². The number of carbonyl (C=O) groups is 1. The predicted octanol–water partition coefficient (Wildman–Crippen LogP) is 5.20. The molecule has 0 atom stereocenters. The van der Waals surface area contributed by atoms with Gasteiger partial charge >= 0.3 is 0 Å². The van der Waals surface area contributed by atoms with Gasteiger partial charge in [-0.25, -0.2) is 0 Å². The first kappa shape index (κ1) is 14.3. The highest BCUT2D eigenvalue weighted by molar-refractivity contribution is 6.10. The molecule has 0 radical (unpaired) electrons. The van der Waals surface area contributed by atoms with Crippen molar-refractivity contribution in [2.24, 2.45) is 0 Å². The molecular formula is C21H18O. The monoisotopic (exact) mass is 286 g/mol. The highest BCUT2D eigenvalue weighted by atomic mass is 16.1. The van der Waals surface area contributed by atoms with Gasteiger partial charge in [0.25, 0.3) is 0 Å². The largest absolute Gasteiger partial charge is 0.289 e. The molecule has 3 aromatic rings. The van der Waals surface area contributed by atoms with E-state index in [1.54, 1.807) is 0 Å². The summed E-state index contributed by atoms with van der Waals surface area (Å²) < 4.78 is 0. The molecule has 1 heteroatoms. The van der Waals surface area contributed by atoms with Crippen LogP contribution in [-0.4, -0.2) is 5.78 Å². The van der Waals surface area contributed by atoms with Crippen molar-refractivity contribution in [3.05, 3.63) is 95.1 Å². The first-order chi connectivity index (χ1) is 10.7. The normalized spacial score (nSPS) is 10.5. The third-order valence-electron chi connectivity index (χ3n) is 4.10. The molecule has 1 nitrogen and oxygen atoms in total. The van der Waals surface area contributed by atoms with E-state index < -0.39 is 0 Å². The van der Waals surface area contributed by atoms with Gasteiger partial charge in [-0.05, 0) is 36.1 Å². The Morgan fingerprint density at radius 3 is 2.00 bits per heavy atom. The minimum atomic E-state index is 0.0841. The van der Waals surface area contributed by atoms with Crippen LogP contribution in [0.1, 0.15) is 27.0 Å². The summed E-state index contributed by atoms with van der Waals surface area (Å²) in [6.07, 6.45) is 0. The summed E-state index contributed by atoms with van der Waals surface area (Å²) in [7, 11) is 0. The summed E-state index contributed by atoms with van der Waals surface area (Å²) in [4.78, 5) is 12.7. The maximum Gasteiger partial charge on any atom is 0.193 e. The second-order valence-electron chi connectivity index (χ2n) is 5.52. The van der Waals surface area contributed by atoms with E-state index in [0.717, 1.165) is 33.4 Å². The first-order valence-corrected chi connectivity index (χ1v) is 7.43. The zero-order chi connectivity index (χ0) is 15.5. The van der Waals surface area contributed by atoms with Gasteiger partial charge in [-0.2, -0.15) is 0 Å². The van der Waals surface area contributed by atoms with Gasteiger partial charge in [-0.3, -0.25) is 4.79 Å². The SMILES string of the molecule is Cc1cccc(C(=O)c2ccc(-c3ccccc3)cc2)c1C. The summed E-state index contributed by atoms with van der Waals surface area (Å²) in [5.74, 6) is 0.0841. The Bertz CT molecular complexity index is 799. The van der Waals surface area contributed by atoms with Gasteiger partial charge in [0.15, 0.2) is 5.78 Å². The van der Waals surface area contributed by atoms with Crippen LogP contribution < -0.4 is 0 Å². The van der Waals surface area contributed by atoms with Crippen LogP contribution in [0.3, 0.4) is 0 Å². The summed E-state index contributed by atoms with van der Waals surface area (Å²) in [5, 5.41) is 0. The van der Waals surface area contributed by atoms with Gasteiger partial charge in [-0.15, -0.1) is 0 Å². The third kappa shape index (κ3) is 2.71. The topological polar surface area (TPSA) is 17.1 Å². The molecule has 3 aromatic carbocycles. The fraction of sp³-hybridized carbons (Fsp3) is 0.0952. The number of hydrogen-bond acceptors (Lipinski definition) is 1. The molecule has 0 heterocycles. The summed E-state index contributed by atoms with van der Waals surface area (Å²) in [6, 6.07) is 23.9. The highest BCUT2D eigenvalue weighted by Crippen LogP contribution is 2.22. The van der Waals surface area contributed by atoms with Crippen LogP contribution in [0.25, 0.3) is 11.1 Å². The van der Waals surface area contributed by atoms with Gasteiger partial charge in [-0.1, -0.05) is 72.8 Å². The maximum atomic E-state index is 12.7. The van der Waals surface area contributed by atoms with E-state index in [4.69, 9.17) is 0 Å². The molecule has 0 aromatic heterocycles. The number of hydrogen-bond donors (Lipinski definition) is 0. The lowest BCUT2D eigenvalue weighted by molar-refractivity contribution is 0.103. The Balaban J connectivity index is 1.93. The lowest BCUT2D eigenvalue weighted by atomic mass is 9.95. The molecule has 0 aliphatic carbocycles. The molecule has 0 unspecified atom stereocenters. The van der Waals surface area contributed by atoms with Crippen LogP contribution in [-0.2, 0) is 0 Å². The van der Waals surface area contributed by atoms with Crippen LogP contribution in [0.2, 0.25) is 0 Å². The van der Waals surface area contributed by atoms with E-state index in [0.29, 0.717) is 0 Å². The summed E-state index contributed by atoms with van der Waals surface area (Å²) in [5.41, 5.74) is 6.00. The second kappa shape index (κ2) is 5.98. The van der Waals surface area contributed by atoms with Crippen molar-refractivity contribution in [1.29, 1.82) is 0 Å². The van der Waals surface area contributed by atoms with Crippen LogP contribution in [0.15, 0.2) is 72.8 Å². The molecule has 0 bridgehead atoms. The van der Waals surface area contributed by atoms with Gasteiger partial charge < -0.3 is 0 Å². The highest BCUT2D eigenvalue weighted by Gasteiger charge is 2.12. The zero-order valence-electron chi connectivity index (χ0n) is 12.8. The number of rotatable bonds is 3. The lowest BCUT2D eigenvalue weighted by Crippen LogP contribution is -2.04. The molecular weight excluding hydrogens is 268 g/mol. The fourth-order valence-corrected chi connectivity index (χ4v) is 2.60. The molecule has 0 N–H and O–H groups in total. The number of carbonyl (C=O) groups excluding carboxylic acids is 1. The number of ketones is 1. The predicted molar refractivity (Wildman–Crippen MR) is 91.2 cm³/mol. The Hall–Kier alpha value is -2.67. The van der Waals surface area contributed by atoms with Gasteiger partial charge in [0.2, 0.25) is 0 Å². The first-order valence-electron chi connectivity index (χ1n) is 7.43. The van der Waals surface area contributed by atoms with Crippen molar-refractivity contribution < 1.29 is 4.79 Å². The van der Waals surface area contributed by atoms with Crippen LogP contribution >= 0.6 is 0 Å². The second-order valence-corrected chi connectivity index (χ2v) is 5.52. The van der Waals surface area contributed by atoms with E-state index in [1.807, 2.05) is 74.5 Å². The summed E-state index contributed by atoms with van der Waals surface area (Å²) >= 11 is 0. The van der Waals surface area contributed by atoms with E-state index in [9.17, 15) is 4.79 Å². The van der Waals surface area contributed by atoms with Crippen LogP contribution in [0.5, 0.6) is 0 Å². The van der Waals surface area contributed by atoms with Gasteiger partial charge in [0, 0.05) is 11.1 Å². The Morgan fingerprint density at radius 2 is 1.32 bits per heavy atom. The van der Waals surface area contributed by atoms with E-state index in [1.165, 1.54) is 0 Å². The van der Waals surface area contributed by atoms with Crippen molar-refractivity contribution in [2.45, 2.75) is 13.8 Å². The van der Waals surface area contributed by atoms with E-state index in [-0.39, 0.29) is 5.78 Å². The molecule has 3 rings (SSSR count). The van der Waals surface area contributed by atoms with Crippen LogP contribution in [0, 0.1) is 13.8 Å². The quantitative estimate of drug-likeness (QED) is 0.605. The van der Waals surface area contributed by atoms with Crippen molar-refractivity contribution in [2.75, 3.05) is 0 Å². The Morgan fingerprint density at radius 1 is 0.682 bits per heavy atom. The molecule has 0 spiro atoms. The van der Waals surface area contributed by atoms with Crippen LogP contribution in [0.4, 0.5) is 0 Å². The Kier molecular flexibility index (Phi) is 3.88. The summed E-state index contributed by atoms with van der Waals surface area (Å²) in [6.45, 7) is 4.03. The zero-order valence-corrected chi connectivity index (χ0v) is 12.8. The third-order valence-corrected chi connectivity index (χ3v) is 4.10. The molecule has 0 aliphatic heterocycles. The molecule has 0 saturated carbocycles. The number of aryl methyl sites for hydroxylation is 1. The smallest absolute Gasteiger partial charge is 0.193 e. The minimum Gasteiger partial charge on any atom is -0.289 e. The van der Waals surface area contributed by atoms with Gasteiger partial charge in [0.05, 0.1) is 0 Å². The molecule has 108 valence electrons. The standard InChI is InChI=1S/C21H18O/c1-15-7-6-10-20(16(15)2)21(22)19-13-11-18(12-14-19)17-8-4-3-5-9-17/h3-14H,1-2H3. The van der Waals surface area contributed by atoms with Crippen molar-refractivity contribution in [3.8, 4) is 11.1 Å². The van der Waals surface area contributed by atoms with E-state index in [2.05, 4.69) is 12.1 Å². The van der Waals surface area contributed by atoms with Crippen molar-refractivity contribution >= 4 is 5.78 Å². The Labute approximate surface area is 131 Å². The number of benzene rings is 3. The molecule has 0 saturated heterocycles. The van der Waals surface area contributed by atoms with E-state index >= 15 is 0 Å².